The summed E-state index contributed by atoms with van der Waals surface area (Å²) in [6.45, 7) is 1.09. The fourth-order valence-corrected chi connectivity index (χ4v) is 2.55. The molecule has 3 aromatic rings. The molecule has 8 heteroatoms. The van der Waals surface area contributed by atoms with Gasteiger partial charge in [-0.15, -0.1) is 0 Å². The number of hydrogen-bond acceptors (Lipinski definition) is 5. The van der Waals surface area contributed by atoms with Gasteiger partial charge < -0.3 is 9.88 Å². The highest BCUT2D eigenvalue weighted by Gasteiger charge is 2.13. The van der Waals surface area contributed by atoms with Gasteiger partial charge in [-0.2, -0.15) is 5.26 Å². The van der Waals surface area contributed by atoms with Crippen molar-refractivity contribution in [3.8, 4) is 6.07 Å². The molecule has 0 saturated heterocycles. The van der Waals surface area contributed by atoms with E-state index in [1.54, 1.807) is 30.1 Å². The number of nitriles is 1. The van der Waals surface area contributed by atoms with Crippen LogP contribution < -0.4 is 16.6 Å². The molecule has 1 aromatic carbocycles. The van der Waals surface area contributed by atoms with Crippen LogP contribution in [-0.4, -0.2) is 25.2 Å². The Morgan fingerprint density at radius 3 is 2.54 bits per heavy atom. The third kappa shape index (κ3) is 2.56. The summed E-state index contributed by atoms with van der Waals surface area (Å²) < 4.78 is 4.17. The molecular weight excluding hydrogens is 308 g/mol. The molecule has 0 atom stereocenters. The van der Waals surface area contributed by atoms with Crippen molar-refractivity contribution in [1.29, 1.82) is 5.26 Å². The molecule has 3 rings (SSSR count). The van der Waals surface area contributed by atoms with Gasteiger partial charge in [0.25, 0.3) is 5.56 Å². The molecule has 2 aromatic heterocycles. The molecule has 0 amide bonds. The van der Waals surface area contributed by atoms with E-state index in [-0.39, 0.29) is 5.56 Å². The molecule has 0 aliphatic heterocycles. The lowest BCUT2D eigenvalue weighted by atomic mass is 10.2. The number of anilines is 1. The first kappa shape index (κ1) is 15.6. The fourth-order valence-electron chi connectivity index (χ4n) is 2.55. The molecule has 1 N–H and O–H groups in total. The number of fused-ring (bicyclic) bond motifs is 1. The third-order valence-electron chi connectivity index (χ3n) is 3.91. The van der Waals surface area contributed by atoms with Gasteiger partial charge in [-0.1, -0.05) is 0 Å². The second-order valence-corrected chi connectivity index (χ2v) is 5.43. The van der Waals surface area contributed by atoms with Gasteiger partial charge in [0.15, 0.2) is 11.2 Å². The number of benzene rings is 1. The van der Waals surface area contributed by atoms with Gasteiger partial charge in [0.2, 0.25) is 0 Å². The zero-order chi connectivity index (χ0) is 17.3. The van der Waals surface area contributed by atoms with Crippen LogP contribution in [0.2, 0.25) is 0 Å². The SMILES string of the molecule is Cn1c(=O)c2c(ncn2CCNc2ccc(C#N)cc2)n(C)c1=O. The van der Waals surface area contributed by atoms with E-state index in [1.165, 1.54) is 11.6 Å². The Balaban J connectivity index is 1.82. The van der Waals surface area contributed by atoms with Gasteiger partial charge in [-0.05, 0) is 24.3 Å². The Hall–Kier alpha value is -3.34. The molecule has 0 spiro atoms. The lowest BCUT2D eigenvalue weighted by molar-refractivity contribution is 0.695. The van der Waals surface area contributed by atoms with Crippen molar-refractivity contribution < 1.29 is 0 Å². The van der Waals surface area contributed by atoms with Gasteiger partial charge in [-0.3, -0.25) is 13.9 Å². The van der Waals surface area contributed by atoms with Crippen molar-refractivity contribution in [1.82, 2.24) is 18.7 Å². The molecule has 122 valence electrons. The molecule has 2 heterocycles. The third-order valence-corrected chi connectivity index (χ3v) is 3.91. The van der Waals surface area contributed by atoms with Crippen LogP contribution in [0, 0.1) is 11.3 Å². The molecule has 0 bridgehead atoms. The Morgan fingerprint density at radius 2 is 1.88 bits per heavy atom. The van der Waals surface area contributed by atoms with Crippen molar-refractivity contribution in [2.45, 2.75) is 6.54 Å². The standard InChI is InChI=1S/C16H16N6O2/c1-20-14-13(15(23)21(2)16(20)24)22(10-19-14)8-7-18-12-5-3-11(9-17)4-6-12/h3-6,10,18H,7-8H2,1-2H3. The zero-order valence-electron chi connectivity index (χ0n) is 13.4. The van der Waals surface area contributed by atoms with Crippen LogP contribution in [-0.2, 0) is 20.6 Å². The molecule has 0 saturated carbocycles. The van der Waals surface area contributed by atoms with Crippen LogP contribution in [0.3, 0.4) is 0 Å². The molecule has 0 fully saturated rings. The highest BCUT2D eigenvalue weighted by Crippen LogP contribution is 2.09. The number of nitrogens with one attached hydrogen (secondary N) is 1. The average molecular weight is 324 g/mol. The molecule has 8 nitrogen and oxygen atoms in total. The van der Waals surface area contributed by atoms with Crippen LogP contribution in [0.4, 0.5) is 5.69 Å². The smallest absolute Gasteiger partial charge is 0.332 e. The van der Waals surface area contributed by atoms with Crippen molar-refractivity contribution >= 4 is 16.9 Å². The molecule has 0 radical (unpaired) electrons. The van der Waals surface area contributed by atoms with E-state index in [2.05, 4.69) is 16.4 Å². The maximum absolute atomic E-state index is 12.3. The van der Waals surface area contributed by atoms with Crippen molar-refractivity contribution in [3.05, 3.63) is 57.0 Å². The largest absolute Gasteiger partial charge is 0.383 e. The summed E-state index contributed by atoms with van der Waals surface area (Å²) in [5, 5.41) is 12.0. The molecule has 0 aliphatic carbocycles. The summed E-state index contributed by atoms with van der Waals surface area (Å²) in [6, 6.07) is 9.20. The van der Waals surface area contributed by atoms with E-state index < -0.39 is 5.69 Å². The van der Waals surface area contributed by atoms with Crippen LogP contribution in [0.25, 0.3) is 11.2 Å². The van der Waals surface area contributed by atoms with Gasteiger partial charge in [-0.25, -0.2) is 9.78 Å². The Kier molecular flexibility index (Phi) is 3.92. The van der Waals surface area contributed by atoms with Crippen LogP contribution in [0.5, 0.6) is 0 Å². The van der Waals surface area contributed by atoms with Crippen molar-refractivity contribution in [2.24, 2.45) is 14.1 Å². The minimum Gasteiger partial charge on any atom is -0.383 e. The van der Waals surface area contributed by atoms with E-state index in [0.717, 1.165) is 10.3 Å². The quantitative estimate of drug-likeness (QED) is 0.750. The molecule has 0 aliphatic rings. The predicted molar refractivity (Wildman–Crippen MR) is 89.9 cm³/mol. The van der Waals surface area contributed by atoms with E-state index in [0.29, 0.717) is 29.8 Å². The maximum atomic E-state index is 12.3. The Bertz CT molecular complexity index is 1050. The van der Waals surface area contributed by atoms with Crippen LogP contribution in [0.1, 0.15) is 5.56 Å². The lowest BCUT2D eigenvalue weighted by Crippen LogP contribution is -2.37. The first-order chi connectivity index (χ1) is 11.5. The van der Waals surface area contributed by atoms with Gasteiger partial charge in [0.05, 0.1) is 18.0 Å². The monoisotopic (exact) mass is 324 g/mol. The summed E-state index contributed by atoms with van der Waals surface area (Å²) >= 11 is 0. The van der Waals surface area contributed by atoms with E-state index in [1.807, 2.05) is 12.1 Å². The molecule has 24 heavy (non-hydrogen) atoms. The van der Waals surface area contributed by atoms with E-state index in [4.69, 9.17) is 5.26 Å². The Labute approximate surface area is 137 Å². The molecular formula is C16H16N6O2. The Morgan fingerprint density at radius 1 is 1.17 bits per heavy atom. The summed E-state index contributed by atoms with van der Waals surface area (Å²) in [4.78, 5) is 28.4. The van der Waals surface area contributed by atoms with Crippen molar-refractivity contribution in [2.75, 3.05) is 11.9 Å². The number of aromatic nitrogens is 4. The summed E-state index contributed by atoms with van der Waals surface area (Å²) in [5.74, 6) is 0. The summed E-state index contributed by atoms with van der Waals surface area (Å²) in [5.41, 5.74) is 1.52. The number of nitrogens with zero attached hydrogens (tertiary/aromatic N) is 5. The van der Waals surface area contributed by atoms with Gasteiger partial charge in [0.1, 0.15) is 0 Å². The van der Waals surface area contributed by atoms with E-state index in [9.17, 15) is 9.59 Å². The second-order valence-electron chi connectivity index (χ2n) is 5.43. The normalized spacial score (nSPS) is 10.7. The van der Waals surface area contributed by atoms with Crippen molar-refractivity contribution in [3.63, 3.8) is 0 Å². The van der Waals surface area contributed by atoms with E-state index >= 15 is 0 Å². The number of imidazole rings is 1. The fraction of sp³-hybridized carbons (Fsp3) is 0.250. The zero-order valence-corrected chi connectivity index (χ0v) is 13.4. The van der Waals surface area contributed by atoms with Crippen LogP contribution in [0.15, 0.2) is 40.2 Å². The summed E-state index contributed by atoms with van der Waals surface area (Å²) in [7, 11) is 3.05. The maximum Gasteiger partial charge on any atom is 0.332 e. The highest BCUT2D eigenvalue weighted by molar-refractivity contribution is 5.69. The molecule has 0 unspecified atom stereocenters. The number of hydrogen-bond donors (Lipinski definition) is 1. The number of rotatable bonds is 4. The predicted octanol–water partition coefficient (Wildman–Crippen LogP) is 0.417. The minimum absolute atomic E-state index is 0.357. The lowest BCUT2D eigenvalue weighted by Gasteiger charge is -2.09. The first-order valence-electron chi connectivity index (χ1n) is 7.38. The topological polar surface area (TPSA) is 97.6 Å². The second kappa shape index (κ2) is 6.04. The number of aryl methyl sites for hydroxylation is 1. The van der Waals surface area contributed by atoms with Gasteiger partial charge in [0, 0.05) is 32.9 Å². The summed E-state index contributed by atoms with van der Waals surface area (Å²) in [6.07, 6.45) is 1.56. The minimum atomic E-state index is -0.395. The highest BCUT2D eigenvalue weighted by atomic mass is 16.2. The van der Waals surface area contributed by atoms with Gasteiger partial charge >= 0.3 is 5.69 Å². The average Bonchev–Trinajstić information content (AvgIpc) is 3.03. The van der Waals surface area contributed by atoms with Crippen LogP contribution >= 0.6 is 0 Å². The first-order valence-corrected chi connectivity index (χ1v) is 7.38.